The minimum absolute atomic E-state index is 0.172. The van der Waals surface area contributed by atoms with Crippen molar-refractivity contribution in [1.82, 2.24) is 0 Å². The van der Waals surface area contributed by atoms with E-state index in [9.17, 15) is 0 Å². The van der Waals surface area contributed by atoms with Gasteiger partial charge in [0.25, 0.3) is 0 Å². The van der Waals surface area contributed by atoms with Gasteiger partial charge in [0.05, 0.1) is 11.5 Å². The molecule has 45 heavy (non-hydrogen) atoms. The van der Waals surface area contributed by atoms with Crippen molar-refractivity contribution in [2.45, 2.75) is 84.5 Å². The van der Waals surface area contributed by atoms with Crippen LogP contribution in [-0.4, -0.2) is 37.0 Å². The van der Waals surface area contributed by atoms with Crippen LogP contribution in [0, 0.1) is 0 Å². The summed E-state index contributed by atoms with van der Waals surface area (Å²) in [5, 5.41) is 0.877. The standard InChI is InChI=1S/C38H44ClN2O4/c1-7-16-40-28-20-32-30(42-22-44-32)18-26(28)37(3,4)34(40)14-12-24-10-9-11-25(36(24)39)13-15-35-38(5,6)27-19-31-33(45-23-43-31)21-29(27)41(35)17-8-2/h12-15,18-21H,7-11,16-17,22-23H2,1-6H3/q+1. The molecular formula is C38H44ClN2O4+. The van der Waals surface area contributed by atoms with Crippen LogP contribution in [0.5, 0.6) is 23.0 Å². The molecule has 0 aromatic heterocycles. The zero-order chi connectivity index (χ0) is 31.5. The second-order valence-corrected chi connectivity index (χ2v) is 14.0. The Balaban J connectivity index is 1.22. The summed E-state index contributed by atoms with van der Waals surface area (Å²) in [6, 6.07) is 8.63. The first kappa shape index (κ1) is 30.0. The molecule has 2 aromatic rings. The van der Waals surface area contributed by atoms with Crippen molar-refractivity contribution in [3.8, 4) is 23.0 Å². The molecule has 2 aromatic carbocycles. The molecule has 0 bridgehead atoms. The summed E-state index contributed by atoms with van der Waals surface area (Å²) in [7, 11) is 0. The van der Waals surface area contributed by atoms with Gasteiger partial charge in [0.15, 0.2) is 28.7 Å². The lowest BCUT2D eigenvalue weighted by Crippen LogP contribution is -2.28. The van der Waals surface area contributed by atoms with E-state index in [1.54, 1.807) is 0 Å². The van der Waals surface area contributed by atoms with Crippen molar-refractivity contribution < 1.29 is 23.5 Å². The Kier molecular flexibility index (Phi) is 7.55. The Bertz CT molecular complexity index is 1730. The second kappa shape index (κ2) is 11.3. The second-order valence-electron chi connectivity index (χ2n) is 13.7. The lowest BCUT2D eigenvalue weighted by molar-refractivity contribution is -0.437. The van der Waals surface area contributed by atoms with Gasteiger partial charge in [-0.15, -0.1) is 0 Å². The number of hydrogen-bond donors (Lipinski definition) is 0. The molecular weight excluding hydrogens is 584 g/mol. The lowest BCUT2D eigenvalue weighted by Gasteiger charge is -2.27. The SMILES string of the molecule is CCCN1/C(=C\C=C2/CCCC(/C=C/C3=[N+](CCC)c4cc5c(cc4C3(C)C)OCO5)=C2Cl)C(C)(C)c2cc3c(cc21)OCO3. The Morgan fingerprint density at radius 3 is 2.16 bits per heavy atom. The number of hydrogen-bond acceptors (Lipinski definition) is 5. The Morgan fingerprint density at radius 1 is 0.800 bits per heavy atom. The fourth-order valence-corrected chi connectivity index (χ4v) is 7.93. The molecule has 7 rings (SSSR count). The highest BCUT2D eigenvalue weighted by Gasteiger charge is 2.46. The van der Waals surface area contributed by atoms with Crippen LogP contribution in [0.15, 0.2) is 70.4 Å². The third kappa shape index (κ3) is 4.88. The molecule has 0 N–H and O–H groups in total. The van der Waals surface area contributed by atoms with Gasteiger partial charge in [-0.25, -0.2) is 0 Å². The number of anilines is 1. The van der Waals surface area contributed by atoms with Crippen molar-refractivity contribution in [1.29, 1.82) is 0 Å². The van der Waals surface area contributed by atoms with Crippen LogP contribution in [0.25, 0.3) is 0 Å². The monoisotopic (exact) mass is 627 g/mol. The van der Waals surface area contributed by atoms with Crippen molar-refractivity contribution in [3.63, 3.8) is 0 Å². The highest BCUT2D eigenvalue weighted by atomic mass is 35.5. The third-order valence-corrected chi connectivity index (χ3v) is 10.5. The largest absolute Gasteiger partial charge is 0.454 e. The van der Waals surface area contributed by atoms with Crippen LogP contribution < -0.4 is 23.8 Å². The Hall–Kier alpha value is -3.64. The zero-order valence-corrected chi connectivity index (χ0v) is 28.1. The molecule has 0 amide bonds. The summed E-state index contributed by atoms with van der Waals surface area (Å²) in [5.74, 6) is 3.33. The molecule has 0 radical (unpaired) electrons. The fourth-order valence-electron chi connectivity index (χ4n) is 7.61. The molecule has 0 saturated carbocycles. The lowest BCUT2D eigenvalue weighted by atomic mass is 9.81. The molecule has 0 saturated heterocycles. The van der Waals surface area contributed by atoms with E-state index in [0.29, 0.717) is 0 Å². The summed E-state index contributed by atoms with van der Waals surface area (Å²) in [6.07, 6.45) is 14.2. The van der Waals surface area contributed by atoms with Crippen LogP contribution in [-0.2, 0) is 10.8 Å². The van der Waals surface area contributed by atoms with Crippen LogP contribution >= 0.6 is 11.6 Å². The molecule has 236 valence electrons. The summed E-state index contributed by atoms with van der Waals surface area (Å²) in [4.78, 5) is 2.44. The Morgan fingerprint density at radius 2 is 1.47 bits per heavy atom. The van der Waals surface area contributed by atoms with Crippen LogP contribution in [0.1, 0.15) is 84.8 Å². The molecule has 4 aliphatic heterocycles. The number of rotatable bonds is 7. The molecule has 6 nitrogen and oxygen atoms in total. The summed E-state index contributed by atoms with van der Waals surface area (Å²) in [5.41, 5.74) is 9.57. The maximum atomic E-state index is 7.20. The predicted molar refractivity (Wildman–Crippen MR) is 181 cm³/mol. The zero-order valence-electron chi connectivity index (χ0n) is 27.4. The fraction of sp³-hybridized carbons (Fsp3) is 0.447. The van der Waals surface area contributed by atoms with E-state index < -0.39 is 0 Å². The van der Waals surface area contributed by atoms with Gasteiger partial charge < -0.3 is 23.8 Å². The molecule has 1 aliphatic carbocycles. The minimum Gasteiger partial charge on any atom is -0.454 e. The van der Waals surface area contributed by atoms with E-state index in [2.05, 4.69) is 99.6 Å². The first-order valence-corrected chi connectivity index (χ1v) is 16.8. The number of fused-ring (bicyclic) bond motifs is 4. The van der Waals surface area contributed by atoms with Crippen molar-refractivity contribution in [3.05, 3.63) is 81.6 Å². The van der Waals surface area contributed by atoms with Gasteiger partial charge in [-0.3, -0.25) is 0 Å². The van der Waals surface area contributed by atoms with Crippen LogP contribution in [0.3, 0.4) is 0 Å². The van der Waals surface area contributed by atoms with E-state index in [1.807, 2.05) is 0 Å². The molecule has 0 unspecified atom stereocenters. The number of allylic oxidation sites excluding steroid dienone is 8. The summed E-state index contributed by atoms with van der Waals surface area (Å²) < 4.78 is 25.4. The quantitative estimate of drug-likeness (QED) is 0.286. The van der Waals surface area contributed by atoms with E-state index >= 15 is 0 Å². The summed E-state index contributed by atoms with van der Waals surface area (Å²) in [6.45, 7) is 16.1. The highest BCUT2D eigenvalue weighted by Crippen LogP contribution is 2.53. The first-order chi connectivity index (χ1) is 21.6. The van der Waals surface area contributed by atoms with Gasteiger partial charge in [-0.1, -0.05) is 51.4 Å². The normalized spacial score (nSPS) is 22.4. The maximum Gasteiger partial charge on any atom is 0.231 e. The maximum absolute atomic E-state index is 7.20. The van der Waals surface area contributed by atoms with Crippen molar-refractivity contribution >= 4 is 28.7 Å². The number of halogens is 1. The molecule has 7 heteroatoms. The number of ether oxygens (including phenoxy) is 4. The van der Waals surface area contributed by atoms with Gasteiger partial charge in [0, 0.05) is 52.5 Å². The molecule has 0 atom stereocenters. The smallest absolute Gasteiger partial charge is 0.231 e. The average molecular weight is 628 g/mol. The molecule has 5 aliphatic rings. The average Bonchev–Trinajstić information content (AvgIpc) is 3.76. The van der Waals surface area contributed by atoms with Gasteiger partial charge in [-0.05, 0) is 74.4 Å². The highest BCUT2D eigenvalue weighted by molar-refractivity contribution is 6.32. The molecule has 0 spiro atoms. The third-order valence-electron chi connectivity index (χ3n) is 10.0. The van der Waals surface area contributed by atoms with E-state index in [4.69, 9.17) is 30.5 Å². The van der Waals surface area contributed by atoms with E-state index in [-0.39, 0.29) is 24.4 Å². The van der Waals surface area contributed by atoms with Gasteiger partial charge in [-0.2, -0.15) is 4.58 Å². The first-order valence-electron chi connectivity index (χ1n) is 16.4. The molecule has 0 fully saturated rings. The number of benzene rings is 2. The molecule has 4 heterocycles. The topological polar surface area (TPSA) is 43.2 Å². The Labute approximate surface area is 272 Å². The van der Waals surface area contributed by atoms with Crippen LogP contribution in [0.2, 0.25) is 0 Å². The van der Waals surface area contributed by atoms with Gasteiger partial charge in [0.1, 0.15) is 6.54 Å². The predicted octanol–water partition coefficient (Wildman–Crippen LogP) is 9.18. The van der Waals surface area contributed by atoms with E-state index in [0.717, 1.165) is 73.2 Å². The summed E-state index contributed by atoms with van der Waals surface area (Å²) >= 11 is 7.20. The van der Waals surface area contributed by atoms with Crippen LogP contribution in [0.4, 0.5) is 11.4 Å². The van der Waals surface area contributed by atoms with Gasteiger partial charge in [0.2, 0.25) is 19.3 Å². The minimum atomic E-state index is -0.172. The van der Waals surface area contributed by atoms with Crippen molar-refractivity contribution in [2.75, 3.05) is 31.6 Å². The van der Waals surface area contributed by atoms with Gasteiger partial charge >= 0.3 is 0 Å². The van der Waals surface area contributed by atoms with Crippen molar-refractivity contribution in [2.24, 2.45) is 0 Å². The number of nitrogens with zero attached hydrogens (tertiary/aromatic N) is 2. The van der Waals surface area contributed by atoms with E-state index in [1.165, 1.54) is 45.1 Å².